The highest BCUT2D eigenvalue weighted by atomic mass is 19.2. The number of benzene rings is 2. The van der Waals surface area contributed by atoms with Crippen molar-refractivity contribution in [2.24, 2.45) is 17.3 Å². The van der Waals surface area contributed by atoms with Gasteiger partial charge in [0.25, 0.3) is 11.8 Å². The lowest BCUT2D eigenvalue weighted by Gasteiger charge is -2.36. The molecule has 39 heavy (non-hydrogen) atoms. The van der Waals surface area contributed by atoms with Crippen LogP contribution in [0.4, 0.5) is 17.6 Å². The molecule has 0 aliphatic carbocycles. The summed E-state index contributed by atoms with van der Waals surface area (Å²) in [6, 6.07) is 9.18. The summed E-state index contributed by atoms with van der Waals surface area (Å²) < 4.78 is 56.1. The van der Waals surface area contributed by atoms with Crippen molar-refractivity contribution < 1.29 is 41.9 Å². The number of rotatable bonds is 9. The van der Waals surface area contributed by atoms with Gasteiger partial charge in [-0.25, -0.2) is 23.0 Å². The predicted octanol–water partition coefficient (Wildman–Crippen LogP) is 3.82. The molecule has 2 atom stereocenters. The summed E-state index contributed by atoms with van der Waals surface area (Å²) in [5.41, 5.74) is -1.36. The fourth-order valence-electron chi connectivity index (χ4n) is 5.79. The van der Waals surface area contributed by atoms with Gasteiger partial charge in [-0.15, -0.1) is 0 Å². The van der Waals surface area contributed by atoms with Crippen molar-refractivity contribution in [1.82, 2.24) is 15.3 Å². The molecule has 4 rings (SSSR count). The Bertz CT molecular complexity index is 1290. The molecular weight excluding hydrogens is 522 g/mol. The highest BCUT2D eigenvalue weighted by Crippen LogP contribution is 2.47. The van der Waals surface area contributed by atoms with Crippen molar-refractivity contribution in [2.75, 3.05) is 13.1 Å². The van der Waals surface area contributed by atoms with E-state index < -0.39 is 70.0 Å². The third kappa shape index (κ3) is 4.77. The molecule has 2 N–H and O–H groups in total. The minimum atomic E-state index is -2.22. The molecule has 1 unspecified atom stereocenters. The lowest BCUT2D eigenvalue weighted by atomic mass is 9.67. The van der Waals surface area contributed by atoms with Crippen LogP contribution in [-0.2, 0) is 16.1 Å². The number of imide groups is 1. The first-order valence-electron chi connectivity index (χ1n) is 12.4. The molecular formula is C27H27F4N3O5. The van der Waals surface area contributed by atoms with E-state index in [1.54, 1.807) is 10.4 Å². The van der Waals surface area contributed by atoms with E-state index in [0.29, 0.717) is 11.4 Å². The standard InChI is InChI=1S/C27H27F4N3O5/c1-14(2)12-27(9-11-33(26(27)38)13-15-6-4-3-5-7-15)16(23(35)32-39)8-10-34-24(36)17-18(25(34)37)20(29)22(31)21(30)19(17)28/h3-7,14,16,39H,8-13H2,1-2H3,(H,32,35)/t16?,27-/m1/s1. The zero-order valence-electron chi connectivity index (χ0n) is 21.3. The molecule has 2 aliphatic rings. The van der Waals surface area contributed by atoms with Crippen LogP contribution in [0.5, 0.6) is 0 Å². The Labute approximate surface area is 221 Å². The number of carbonyl (C=O) groups is 4. The van der Waals surface area contributed by atoms with Crippen LogP contribution in [0, 0.1) is 40.5 Å². The minimum absolute atomic E-state index is 0.0759. The lowest BCUT2D eigenvalue weighted by Crippen LogP contribution is -2.48. The van der Waals surface area contributed by atoms with Gasteiger partial charge in [0.1, 0.15) is 0 Å². The number of nitrogens with one attached hydrogen (secondary N) is 1. The van der Waals surface area contributed by atoms with Gasteiger partial charge in [0.2, 0.25) is 11.8 Å². The monoisotopic (exact) mass is 549 g/mol. The van der Waals surface area contributed by atoms with Crippen molar-refractivity contribution in [3.8, 4) is 0 Å². The van der Waals surface area contributed by atoms with Crippen LogP contribution in [0.25, 0.3) is 0 Å². The van der Waals surface area contributed by atoms with Crippen molar-refractivity contribution in [1.29, 1.82) is 0 Å². The highest BCUT2D eigenvalue weighted by Gasteiger charge is 2.55. The van der Waals surface area contributed by atoms with Gasteiger partial charge in [0, 0.05) is 19.6 Å². The summed E-state index contributed by atoms with van der Waals surface area (Å²) in [5.74, 6) is -13.8. The first-order chi connectivity index (χ1) is 18.4. The molecule has 4 amide bonds. The van der Waals surface area contributed by atoms with Gasteiger partial charge in [-0.3, -0.25) is 29.3 Å². The predicted molar refractivity (Wildman–Crippen MR) is 128 cm³/mol. The maximum absolute atomic E-state index is 14.3. The molecule has 2 aromatic rings. The van der Waals surface area contributed by atoms with Crippen LogP contribution in [-0.4, -0.2) is 51.7 Å². The number of carbonyl (C=O) groups excluding carboxylic acids is 4. The molecule has 0 bridgehead atoms. The third-order valence-corrected chi connectivity index (χ3v) is 7.45. The van der Waals surface area contributed by atoms with E-state index >= 15 is 0 Å². The SMILES string of the molecule is CC(C)C[C@@]1(C(CCN2C(=O)c3c(F)c(F)c(F)c(F)c3C2=O)C(=O)NO)CCN(Cc2ccccc2)C1=O. The summed E-state index contributed by atoms with van der Waals surface area (Å²) in [5, 5.41) is 9.52. The third-order valence-electron chi connectivity index (χ3n) is 7.45. The van der Waals surface area contributed by atoms with Crippen molar-refractivity contribution in [3.63, 3.8) is 0 Å². The number of fused-ring (bicyclic) bond motifs is 1. The average molecular weight is 550 g/mol. The zero-order chi connectivity index (χ0) is 28.6. The molecule has 2 heterocycles. The molecule has 1 saturated heterocycles. The Kier molecular flexibility index (Phi) is 7.78. The van der Waals surface area contributed by atoms with E-state index in [9.17, 15) is 41.9 Å². The molecule has 12 heteroatoms. The number of hydrogen-bond donors (Lipinski definition) is 2. The summed E-state index contributed by atoms with van der Waals surface area (Å²) in [6.45, 7) is 3.68. The summed E-state index contributed by atoms with van der Waals surface area (Å²) in [4.78, 5) is 54.3. The Morgan fingerprint density at radius 1 is 0.974 bits per heavy atom. The number of amides is 4. The minimum Gasteiger partial charge on any atom is -0.338 e. The molecule has 0 radical (unpaired) electrons. The summed E-state index contributed by atoms with van der Waals surface area (Å²) in [7, 11) is 0. The topological polar surface area (TPSA) is 107 Å². The van der Waals surface area contributed by atoms with Gasteiger partial charge in [-0.05, 0) is 30.7 Å². The Morgan fingerprint density at radius 3 is 2.05 bits per heavy atom. The molecule has 0 spiro atoms. The number of nitrogens with zero attached hydrogens (tertiary/aromatic N) is 2. The largest absolute Gasteiger partial charge is 0.338 e. The van der Waals surface area contributed by atoms with Crippen LogP contribution in [0.3, 0.4) is 0 Å². The smallest absolute Gasteiger partial charge is 0.264 e. The average Bonchev–Trinajstić information content (AvgIpc) is 3.34. The number of halogens is 4. The fourth-order valence-corrected chi connectivity index (χ4v) is 5.79. The molecule has 2 aliphatic heterocycles. The van der Waals surface area contributed by atoms with Crippen molar-refractivity contribution in [3.05, 3.63) is 70.3 Å². The van der Waals surface area contributed by atoms with E-state index in [-0.39, 0.29) is 37.6 Å². The van der Waals surface area contributed by atoms with Crippen molar-refractivity contribution in [2.45, 2.75) is 39.7 Å². The fraction of sp³-hybridized carbons (Fsp3) is 0.407. The molecule has 8 nitrogen and oxygen atoms in total. The summed E-state index contributed by atoms with van der Waals surface area (Å²) >= 11 is 0. The summed E-state index contributed by atoms with van der Waals surface area (Å²) in [6.07, 6.45) is 0.109. The number of hydrogen-bond acceptors (Lipinski definition) is 5. The van der Waals surface area contributed by atoms with Gasteiger partial charge in [0.05, 0.1) is 22.5 Å². The number of hydroxylamine groups is 1. The van der Waals surface area contributed by atoms with Crippen molar-refractivity contribution >= 4 is 23.6 Å². The van der Waals surface area contributed by atoms with Crippen LogP contribution < -0.4 is 5.48 Å². The maximum Gasteiger partial charge on any atom is 0.264 e. The van der Waals surface area contributed by atoms with Crippen LogP contribution in [0.2, 0.25) is 0 Å². The molecule has 0 aromatic heterocycles. The Morgan fingerprint density at radius 2 is 1.54 bits per heavy atom. The maximum atomic E-state index is 14.3. The first kappa shape index (κ1) is 28.2. The van der Waals surface area contributed by atoms with Crippen LogP contribution in [0.1, 0.15) is 59.4 Å². The van der Waals surface area contributed by atoms with Gasteiger partial charge in [-0.1, -0.05) is 44.2 Å². The first-order valence-corrected chi connectivity index (χ1v) is 12.4. The Balaban J connectivity index is 1.64. The zero-order valence-corrected chi connectivity index (χ0v) is 21.3. The number of likely N-dealkylation sites (tertiary alicyclic amines) is 1. The second-order valence-electron chi connectivity index (χ2n) is 10.3. The van der Waals surface area contributed by atoms with E-state index in [1.165, 1.54) is 0 Å². The van der Waals surface area contributed by atoms with Gasteiger partial charge in [-0.2, -0.15) is 0 Å². The quantitative estimate of drug-likeness (QED) is 0.124. The van der Waals surface area contributed by atoms with E-state index in [1.807, 2.05) is 44.2 Å². The lowest BCUT2D eigenvalue weighted by molar-refractivity contribution is -0.150. The normalized spacial score (nSPS) is 19.7. The van der Waals surface area contributed by atoms with Crippen LogP contribution in [0.15, 0.2) is 30.3 Å². The van der Waals surface area contributed by atoms with Gasteiger partial charge in [0.15, 0.2) is 23.3 Å². The molecule has 0 saturated carbocycles. The second-order valence-corrected chi connectivity index (χ2v) is 10.3. The molecule has 1 fully saturated rings. The molecule has 208 valence electrons. The van der Waals surface area contributed by atoms with E-state index in [0.717, 1.165) is 5.56 Å². The second kappa shape index (κ2) is 10.8. The molecule has 2 aromatic carbocycles. The highest BCUT2D eigenvalue weighted by molar-refractivity contribution is 6.21. The van der Waals surface area contributed by atoms with Crippen LogP contribution >= 0.6 is 0 Å². The van der Waals surface area contributed by atoms with E-state index in [2.05, 4.69) is 0 Å². The van der Waals surface area contributed by atoms with Gasteiger partial charge >= 0.3 is 0 Å². The van der Waals surface area contributed by atoms with Gasteiger partial charge < -0.3 is 4.90 Å². The van der Waals surface area contributed by atoms with E-state index in [4.69, 9.17) is 0 Å². The Hall–Kier alpha value is -3.80.